The van der Waals surface area contributed by atoms with Crippen molar-refractivity contribution in [1.82, 2.24) is 9.80 Å². The average molecular weight is 464 g/mol. The number of carbonyl (C=O) groups is 3. The third kappa shape index (κ3) is 4.13. The lowest BCUT2D eigenvalue weighted by Crippen LogP contribution is -2.33. The van der Waals surface area contributed by atoms with Gasteiger partial charge in [-0.1, -0.05) is 39.7 Å². The molecule has 2 aromatic rings. The Bertz CT molecular complexity index is 947. The molecule has 2 aromatic carbocycles. The molecule has 0 aromatic heterocycles. The van der Waals surface area contributed by atoms with E-state index < -0.39 is 0 Å². The van der Waals surface area contributed by atoms with Crippen LogP contribution in [0.1, 0.15) is 52.1 Å². The first-order valence-electron chi connectivity index (χ1n) is 8.96. The van der Waals surface area contributed by atoms with Gasteiger partial charge < -0.3 is 4.90 Å². The molecule has 3 rings (SSSR count). The van der Waals surface area contributed by atoms with Gasteiger partial charge in [0.15, 0.2) is 0 Å². The summed E-state index contributed by atoms with van der Waals surface area (Å²) in [6, 6.07) is 12.3. The largest absolute Gasteiger partial charge is 0.339 e. The highest BCUT2D eigenvalue weighted by Gasteiger charge is 2.35. The molecule has 0 bridgehead atoms. The summed E-state index contributed by atoms with van der Waals surface area (Å²) in [7, 11) is 1.74. The zero-order valence-corrected chi connectivity index (χ0v) is 18.0. The van der Waals surface area contributed by atoms with Gasteiger partial charge >= 0.3 is 0 Å². The van der Waals surface area contributed by atoms with Crippen LogP contribution in [0.5, 0.6) is 0 Å². The second kappa shape index (κ2) is 8.45. The minimum absolute atomic E-state index is 0.0492. The summed E-state index contributed by atoms with van der Waals surface area (Å²) in [5.41, 5.74) is 1.76. The van der Waals surface area contributed by atoms with Crippen LogP contribution in [0.25, 0.3) is 0 Å². The SMILES string of the molecule is CC(c1cccc(Cl)c1)N(C)C(=O)CCCN1C(=O)c2ccc(Br)cc2C1=O. The lowest BCUT2D eigenvalue weighted by Gasteiger charge is -2.26. The summed E-state index contributed by atoms with van der Waals surface area (Å²) in [4.78, 5) is 40.3. The molecule has 0 spiro atoms. The first-order chi connectivity index (χ1) is 13.3. The number of hydrogen-bond acceptors (Lipinski definition) is 3. The van der Waals surface area contributed by atoms with E-state index in [4.69, 9.17) is 11.6 Å². The van der Waals surface area contributed by atoms with Crippen molar-refractivity contribution in [2.75, 3.05) is 13.6 Å². The topological polar surface area (TPSA) is 57.7 Å². The fraction of sp³-hybridized carbons (Fsp3) is 0.286. The Morgan fingerprint density at radius 1 is 1.14 bits per heavy atom. The Balaban J connectivity index is 1.57. The number of amides is 3. The molecule has 0 saturated carbocycles. The number of imide groups is 1. The number of nitrogens with zero attached hydrogens (tertiary/aromatic N) is 2. The van der Waals surface area contributed by atoms with Crippen LogP contribution in [0.15, 0.2) is 46.9 Å². The van der Waals surface area contributed by atoms with Crippen LogP contribution >= 0.6 is 27.5 Å². The van der Waals surface area contributed by atoms with E-state index in [2.05, 4.69) is 15.9 Å². The minimum atomic E-state index is -0.311. The van der Waals surface area contributed by atoms with Crippen molar-refractivity contribution in [3.8, 4) is 0 Å². The monoisotopic (exact) mass is 462 g/mol. The molecule has 1 aliphatic rings. The molecule has 1 atom stereocenters. The van der Waals surface area contributed by atoms with Gasteiger partial charge in [0.2, 0.25) is 5.91 Å². The van der Waals surface area contributed by atoms with Gasteiger partial charge in [-0.3, -0.25) is 19.3 Å². The van der Waals surface area contributed by atoms with Crippen LogP contribution in [0.4, 0.5) is 0 Å². The first kappa shape index (κ1) is 20.6. The maximum Gasteiger partial charge on any atom is 0.261 e. The number of halogens is 2. The Labute approximate surface area is 177 Å². The van der Waals surface area contributed by atoms with E-state index in [0.717, 1.165) is 10.0 Å². The standard InChI is InChI=1S/C21H20BrClN2O3/c1-13(14-5-3-6-16(23)11-14)24(2)19(26)7-4-10-25-20(27)17-9-8-15(22)12-18(17)21(25)28/h3,5-6,8-9,11-13H,4,7,10H2,1-2H3. The van der Waals surface area contributed by atoms with Crippen molar-refractivity contribution in [3.05, 3.63) is 68.7 Å². The Hall–Kier alpha value is -2.18. The van der Waals surface area contributed by atoms with E-state index >= 15 is 0 Å². The van der Waals surface area contributed by atoms with E-state index in [1.807, 2.05) is 25.1 Å². The summed E-state index contributed by atoms with van der Waals surface area (Å²) >= 11 is 9.35. The normalized spacial score (nSPS) is 14.2. The second-order valence-electron chi connectivity index (χ2n) is 6.79. The van der Waals surface area contributed by atoms with Crippen LogP contribution in [0, 0.1) is 0 Å². The molecule has 0 saturated heterocycles. The van der Waals surface area contributed by atoms with E-state index in [-0.39, 0.29) is 36.7 Å². The Kier molecular flexibility index (Phi) is 6.20. The van der Waals surface area contributed by atoms with Crippen molar-refractivity contribution in [1.29, 1.82) is 0 Å². The molecule has 0 aliphatic carbocycles. The molecule has 0 radical (unpaired) electrons. The molecule has 28 heavy (non-hydrogen) atoms. The van der Waals surface area contributed by atoms with Gasteiger partial charge in [-0.05, 0) is 49.2 Å². The van der Waals surface area contributed by atoms with Gasteiger partial charge in [0.25, 0.3) is 11.8 Å². The molecule has 146 valence electrons. The highest BCUT2D eigenvalue weighted by molar-refractivity contribution is 9.10. The molecule has 1 heterocycles. The zero-order valence-electron chi connectivity index (χ0n) is 15.6. The number of rotatable bonds is 6. The van der Waals surface area contributed by atoms with Crippen LogP contribution in [0.3, 0.4) is 0 Å². The lowest BCUT2D eigenvalue weighted by molar-refractivity contribution is -0.132. The van der Waals surface area contributed by atoms with Gasteiger partial charge in [-0.2, -0.15) is 0 Å². The highest BCUT2D eigenvalue weighted by atomic mass is 79.9. The predicted molar refractivity (Wildman–Crippen MR) is 111 cm³/mol. The van der Waals surface area contributed by atoms with Crippen LogP contribution in [-0.4, -0.2) is 41.1 Å². The third-order valence-corrected chi connectivity index (χ3v) is 5.74. The van der Waals surface area contributed by atoms with Gasteiger partial charge in [-0.15, -0.1) is 0 Å². The number of hydrogen-bond donors (Lipinski definition) is 0. The van der Waals surface area contributed by atoms with Gasteiger partial charge in [0.1, 0.15) is 0 Å². The van der Waals surface area contributed by atoms with E-state index in [0.29, 0.717) is 22.6 Å². The van der Waals surface area contributed by atoms with Crippen molar-refractivity contribution in [2.24, 2.45) is 0 Å². The Morgan fingerprint density at radius 2 is 1.86 bits per heavy atom. The van der Waals surface area contributed by atoms with Crippen LogP contribution in [-0.2, 0) is 4.79 Å². The summed E-state index contributed by atoms with van der Waals surface area (Å²) in [6.45, 7) is 2.15. The summed E-state index contributed by atoms with van der Waals surface area (Å²) in [5.74, 6) is -0.665. The van der Waals surface area contributed by atoms with Crippen LogP contribution < -0.4 is 0 Å². The zero-order chi connectivity index (χ0) is 20.4. The maximum absolute atomic E-state index is 12.5. The molecule has 0 N–H and O–H groups in total. The second-order valence-corrected chi connectivity index (χ2v) is 8.14. The van der Waals surface area contributed by atoms with Crippen molar-refractivity contribution in [2.45, 2.75) is 25.8 Å². The molecule has 0 fully saturated rings. The highest BCUT2D eigenvalue weighted by Crippen LogP contribution is 2.27. The smallest absolute Gasteiger partial charge is 0.261 e. The maximum atomic E-state index is 12.5. The molecule has 5 nitrogen and oxygen atoms in total. The number of benzene rings is 2. The Morgan fingerprint density at radius 3 is 2.57 bits per heavy atom. The van der Waals surface area contributed by atoms with Gasteiger partial charge in [0, 0.05) is 29.5 Å². The lowest BCUT2D eigenvalue weighted by atomic mass is 10.1. The number of carbonyl (C=O) groups excluding carboxylic acids is 3. The molecular weight excluding hydrogens is 444 g/mol. The van der Waals surface area contributed by atoms with Crippen molar-refractivity contribution < 1.29 is 14.4 Å². The van der Waals surface area contributed by atoms with Gasteiger partial charge in [0.05, 0.1) is 17.2 Å². The van der Waals surface area contributed by atoms with Gasteiger partial charge in [-0.25, -0.2) is 0 Å². The molecular formula is C21H20BrClN2O3. The van der Waals surface area contributed by atoms with Crippen molar-refractivity contribution in [3.63, 3.8) is 0 Å². The fourth-order valence-electron chi connectivity index (χ4n) is 3.24. The molecule has 7 heteroatoms. The van der Waals surface area contributed by atoms with Crippen LogP contribution in [0.2, 0.25) is 5.02 Å². The fourth-order valence-corrected chi connectivity index (χ4v) is 3.80. The number of fused-ring (bicyclic) bond motifs is 1. The molecule has 1 aliphatic heterocycles. The summed E-state index contributed by atoms with van der Waals surface area (Å²) in [6.07, 6.45) is 0.663. The van der Waals surface area contributed by atoms with E-state index in [9.17, 15) is 14.4 Å². The van der Waals surface area contributed by atoms with E-state index in [1.165, 1.54) is 4.90 Å². The average Bonchev–Trinajstić information content (AvgIpc) is 2.90. The quantitative estimate of drug-likeness (QED) is 0.584. The minimum Gasteiger partial charge on any atom is -0.339 e. The first-order valence-corrected chi connectivity index (χ1v) is 10.1. The predicted octanol–water partition coefficient (Wildman–Crippen LogP) is 4.70. The van der Waals surface area contributed by atoms with Crippen molar-refractivity contribution >= 4 is 45.3 Å². The third-order valence-electron chi connectivity index (χ3n) is 5.01. The summed E-state index contributed by atoms with van der Waals surface area (Å²) < 4.78 is 0.751. The summed E-state index contributed by atoms with van der Waals surface area (Å²) in [5, 5.41) is 0.627. The molecule has 1 unspecified atom stereocenters. The molecule has 3 amide bonds. The van der Waals surface area contributed by atoms with E-state index in [1.54, 1.807) is 36.2 Å².